The van der Waals surface area contributed by atoms with Crippen molar-refractivity contribution >= 4 is 33.3 Å². The maximum absolute atomic E-state index is 11.9. The molecule has 106 valence electrons. The molecule has 0 fully saturated rings. The molecule has 2 rings (SSSR count). The zero-order valence-corrected chi connectivity index (χ0v) is 12.8. The first-order valence-corrected chi connectivity index (χ1v) is 8.15. The Morgan fingerprint density at radius 3 is 2.35 bits per heavy atom. The van der Waals surface area contributed by atoms with Crippen LogP contribution in [0, 0.1) is 0 Å². The predicted octanol–water partition coefficient (Wildman–Crippen LogP) is 4.04. The fraction of sp³-hybridized carbons (Fsp3) is 0.143. The third-order valence-electron chi connectivity index (χ3n) is 2.61. The number of hydrogen-bond acceptors (Lipinski definition) is 3. The van der Waals surface area contributed by atoms with Gasteiger partial charge >= 0.3 is 0 Å². The predicted molar refractivity (Wildman–Crippen MR) is 80.3 cm³/mol. The Morgan fingerprint density at radius 2 is 1.65 bits per heavy atom. The lowest BCUT2D eigenvalue weighted by atomic mass is 10.2. The van der Waals surface area contributed by atoms with Gasteiger partial charge in [-0.2, -0.15) is 8.42 Å². The van der Waals surface area contributed by atoms with Crippen LogP contribution in [0.1, 0.15) is 11.1 Å². The van der Waals surface area contributed by atoms with E-state index in [-0.39, 0.29) is 12.4 Å². The smallest absolute Gasteiger partial charge is 0.265 e. The minimum absolute atomic E-state index is 0.130. The van der Waals surface area contributed by atoms with Crippen molar-refractivity contribution in [1.29, 1.82) is 0 Å². The average molecular weight is 331 g/mol. The van der Waals surface area contributed by atoms with Crippen LogP contribution in [0.15, 0.2) is 48.5 Å². The largest absolute Gasteiger partial charge is 0.271 e. The summed E-state index contributed by atoms with van der Waals surface area (Å²) in [4.78, 5) is 0. The van der Waals surface area contributed by atoms with Gasteiger partial charge in [-0.05, 0) is 17.2 Å². The Labute approximate surface area is 128 Å². The van der Waals surface area contributed by atoms with Crippen LogP contribution in [0.25, 0.3) is 0 Å². The number of hydrogen-bond donors (Lipinski definition) is 0. The second-order valence-electron chi connectivity index (χ2n) is 4.16. The standard InChI is InChI=1S/C14H12Cl2O3S/c15-13-8-4-7-12(14(13)16)9-19-20(17,18)10-11-5-2-1-3-6-11/h1-8H,9-10H2. The lowest BCUT2D eigenvalue weighted by Gasteiger charge is -2.08. The normalized spacial score (nSPS) is 11.5. The van der Waals surface area contributed by atoms with Gasteiger partial charge in [-0.3, -0.25) is 4.18 Å². The van der Waals surface area contributed by atoms with Gasteiger partial charge in [0.05, 0.1) is 16.7 Å². The van der Waals surface area contributed by atoms with Crippen LogP contribution in [-0.2, 0) is 26.7 Å². The fourth-order valence-electron chi connectivity index (χ4n) is 1.63. The Kier molecular flexibility index (Phi) is 5.05. The number of rotatable bonds is 5. The molecule has 0 bridgehead atoms. The molecule has 0 saturated heterocycles. The fourth-order valence-corrected chi connectivity index (χ4v) is 3.00. The molecule has 0 atom stereocenters. The second-order valence-corrected chi connectivity index (χ2v) is 6.59. The lowest BCUT2D eigenvalue weighted by Crippen LogP contribution is -2.09. The third kappa shape index (κ3) is 4.21. The van der Waals surface area contributed by atoms with E-state index < -0.39 is 10.1 Å². The van der Waals surface area contributed by atoms with Gasteiger partial charge in [-0.25, -0.2) is 0 Å². The van der Waals surface area contributed by atoms with E-state index in [9.17, 15) is 8.42 Å². The summed E-state index contributed by atoms with van der Waals surface area (Å²) in [6, 6.07) is 13.8. The van der Waals surface area contributed by atoms with Gasteiger partial charge in [0.1, 0.15) is 5.75 Å². The minimum atomic E-state index is -3.66. The Morgan fingerprint density at radius 1 is 0.950 bits per heavy atom. The molecule has 0 aromatic heterocycles. The van der Waals surface area contributed by atoms with Gasteiger partial charge in [0.25, 0.3) is 10.1 Å². The highest BCUT2D eigenvalue weighted by molar-refractivity contribution is 7.85. The van der Waals surface area contributed by atoms with Crippen LogP contribution in [0.4, 0.5) is 0 Å². The summed E-state index contributed by atoms with van der Waals surface area (Å²) in [5.74, 6) is -0.175. The maximum Gasteiger partial charge on any atom is 0.271 e. The zero-order chi connectivity index (χ0) is 14.6. The molecule has 3 nitrogen and oxygen atoms in total. The molecule has 6 heteroatoms. The van der Waals surface area contributed by atoms with Crippen molar-refractivity contribution in [1.82, 2.24) is 0 Å². The molecule has 0 spiro atoms. The molecule has 0 amide bonds. The van der Waals surface area contributed by atoms with Crippen LogP contribution >= 0.6 is 23.2 Å². The van der Waals surface area contributed by atoms with Crippen molar-refractivity contribution in [2.24, 2.45) is 0 Å². The first-order valence-electron chi connectivity index (χ1n) is 5.82. The summed E-state index contributed by atoms with van der Waals surface area (Å²) in [6.45, 7) is -0.130. The van der Waals surface area contributed by atoms with E-state index in [1.54, 1.807) is 42.5 Å². The first-order chi connectivity index (χ1) is 9.48. The molecule has 0 saturated carbocycles. The van der Waals surface area contributed by atoms with Crippen LogP contribution in [0.3, 0.4) is 0 Å². The molecule has 0 heterocycles. The summed E-state index contributed by atoms with van der Waals surface area (Å²) in [6.07, 6.45) is 0. The van der Waals surface area contributed by atoms with Crippen molar-refractivity contribution in [2.45, 2.75) is 12.4 Å². The lowest BCUT2D eigenvalue weighted by molar-refractivity contribution is 0.307. The molecule has 2 aromatic carbocycles. The molecule has 0 radical (unpaired) electrons. The summed E-state index contributed by atoms with van der Waals surface area (Å²) >= 11 is 11.8. The van der Waals surface area contributed by atoms with Gasteiger partial charge in [0.15, 0.2) is 0 Å². The summed E-state index contributed by atoms with van der Waals surface area (Å²) in [7, 11) is -3.66. The van der Waals surface area contributed by atoms with Crippen LogP contribution in [0.5, 0.6) is 0 Å². The SMILES string of the molecule is O=S(=O)(Cc1ccccc1)OCc1cccc(Cl)c1Cl. The van der Waals surface area contributed by atoms with Crippen LogP contribution in [0.2, 0.25) is 10.0 Å². The van der Waals surface area contributed by atoms with E-state index in [0.717, 1.165) is 0 Å². The van der Waals surface area contributed by atoms with E-state index >= 15 is 0 Å². The summed E-state index contributed by atoms with van der Waals surface area (Å²) in [5.41, 5.74) is 1.21. The van der Waals surface area contributed by atoms with Crippen molar-refractivity contribution in [3.05, 3.63) is 69.7 Å². The van der Waals surface area contributed by atoms with E-state index in [2.05, 4.69) is 0 Å². The van der Waals surface area contributed by atoms with Crippen molar-refractivity contribution in [2.75, 3.05) is 0 Å². The Balaban J connectivity index is 2.04. The van der Waals surface area contributed by atoms with Crippen molar-refractivity contribution in [3.8, 4) is 0 Å². The monoisotopic (exact) mass is 330 g/mol. The molecule has 0 N–H and O–H groups in total. The molecular formula is C14H12Cl2O3S. The summed E-state index contributed by atoms with van der Waals surface area (Å²) in [5, 5.41) is 0.678. The highest BCUT2D eigenvalue weighted by Gasteiger charge is 2.14. The van der Waals surface area contributed by atoms with Crippen LogP contribution < -0.4 is 0 Å². The quantitative estimate of drug-likeness (QED) is 0.777. The molecule has 2 aromatic rings. The third-order valence-corrected chi connectivity index (χ3v) is 4.63. The number of benzene rings is 2. The maximum atomic E-state index is 11.9. The van der Waals surface area contributed by atoms with Gasteiger partial charge in [-0.1, -0.05) is 65.7 Å². The number of halogens is 2. The Hall–Kier alpha value is -1.07. The van der Waals surface area contributed by atoms with E-state index in [0.29, 0.717) is 21.2 Å². The van der Waals surface area contributed by atoms with Gasteiger partial charge in [0.2, 0.25) is 0 Å². The second kappa shape index (κ2) is 6.59. The van der Waals surface area contributed by atoms with E-state index in [4.69, 9.17) is 27.4 Å². The zero-order valence-electron chi connectivity index (χ0n) is 10.4. The topological polar surface area (TPSA) is 43.4 Å². The molecule has 0 aliphatic rings. The van der Waals surface area contributed by atoms with Gasteiger partial charge < -0.3 is 0 Å². The molecule has 20 heavy (non-hydrogen) atoms. The first kappa shape index (κ1) is 15.3. The molecular weight excluding hydrogens is 319 g/mol. The minimum Gasteiger partial charge on any atom is -0.265 e. The van der Waals surface area contributed by atoms with Gasteiger partial charge in [-0.15, -0.1) is 0 Å². The van der Waals surface area contributed by atoms with E-state index in [1.165, 1.54) is 0 Å². The highest BCUT2D eigenvalue weighted by atomic mass is 35.5. The van der Waals surface area contributed by atoms with Crippen LogP contribution in [-0.4, -0.2) is 8.42 Å². The van der Waals surface area contributed by atoms with Gasteiger partial charge in [0, 0.05) is 0 Å². The highest BCUT2D eigenvalue weighted by Crippen LogP contribution is 2.26. The molecule has 0 aliphatic carbocycles. The summed E-state index contributed by atoms with van der Waals surface area (Å²) < 4.78 is 28.7. The van der Waals surface area contributed by atoms with Crippen molar-refractivity contribution in [3.63, 3.8) is 0 Å². The van der Waals surface area contributed by atoms with Crippen molar-refractivity contribution < 1.29 is 12.6 Å². The Bertz CT molecular complexity index is 685. The molecule has 0 unspecified atom stereocenters. The van der Waals surface area contributed by atoms with E-state index in [1.807, 2.05) is 6.07 Å². The average Bonchev–Trinajstić information content (AvgIpc) is 2.41. The molecule has 0 aliphatic heterocycles.